The molecule has 0 amide bonds. The lowest BCUT2D eigenvalue weighted by Crippen LogP contribution is -2.44. The highest BCUT2D eigenvalue weighted by Gasteiger charge is 2.43. The summed E-state index contributed by atoms with van der Waals surface area (Å²) < 4.78 is 11.5. The number of anilines is 1. The van der Waals surface area contributed by atoms with Crippen molar-refractivity contribution in [3.8, 4) is 0 Å². The van der Waals surface area contributed by atoms with Gasteiger partial charge in [0, 0.05) is 56.7 Å². The summed E-state index contributed by atoms with van der Waals surface area (Å²) in [6, 6.07) is 2.56. The molecule has 3 fully saturated rings. The molecule has 3 aliphatic rings. The lowest BCUT2D eigenvalue weighted by atomic mass is 9.87. The zero-order valence-electron chi connectivity index (χ0n) is 13.7. The van der Waals surface area contributed by atoms with Crippen LogP contribution < -0.4 is 4.90 Å². The maximum atomic E-state index is 5.97. The van der Waals surface area contributed by atoms with Gasteiger partial charge in [-0.1, -0.05) is 0 Å². The van der Waals surface area contributed by atoms with Crippen molar-refractivity contribution in [1.82, 2.24) is 14.9 Å². The second-order valence-electron chi connectivity index (χ2n) is 7.09. The van der Waals surface area contributed by atoms with Crippen molar-refractivity contribution in [2.24, 2.45) is 5.41 Å². The first-order valence-corrected chi connectivity index (χ1v) is 8.76. The quantitative estimate of drug-likeness (QED) is 0.816. The molecule has 4 heterocycles. The highest BCUT2D eigenvalue weighted by molar-refractivity contribution is 5.30. The van der Waals surface area contributed by atoms with Crippen LogP contribution in [0.2, 0.25) is 0 Å². The number of aromatic nitrogens is 2. The third-order valence-corrected chi connectivity index (χ3v) is 5.45. The molecule has 6 heteroatoms. The highest BCUT2D eigenvalue weighted by atomic mass is 16.5. The molecule has 0 radical (unpaired) electrons. The van der Waals surface area contributed by atoms with Gasteiger partial charge in [-0.15, -0.1) is 0 Å². The monoisotopic (exact) mass is 318 g/mol. The Morgan fingerprint density at radius 2 is 1.83 bits per heavy atom. The fourth-order valence-electron chi connectivity index (χ4n) is 4.20. The summed E-state index contributed by atoms with van der Waals surface area (Å²) in [5.74, 6) is 0.835. The lowest BCUT2D eigenvalue weighted by molar-refractivity contribution is 0.0302. The minimum absolute atomic E-state index is 0.216. The van der Waals surface area contributed by atoms with Crippen LogP contribution in [0.1, 0.15) is 19.3 Å². The number of hydrogen-bond donors (Lipinski definition) is 0. The van der Waals surface area contributed by atoms with Gasteiger partial charge >= 0.3 is 0 Å². The van der Waals surface area contributed by atoms with Crippen molar-refractivity contribution >= 4 is 5.95 Å². The zero-order chi connectivity index (χ0) is 15.5. The van der Waals surface area contributed by atoms with Crippen LogP contribution in [0.5, 0.6) is 0 Å². The first-order chi connectivity index (χ1) is 11.3. The Labute approximate surface area is 137 Å². The molecule has 0 aromatic carbocycles. The van der Waals surface area contributed by atoms with Gasteiger partial charge < -0.3 is 14.4 Å². The van der Waals surface area contributed by atoms with E-state index in [2.05, 4.69) is 19.8 Å². The minimum atomic E-state index is 0.216. The molecule has 4 rings (SSSR count). The molecule has 0 saturated carbocycles. The minimum Gasteiger partial charge on any atom is -0.381 e. The van der Waals surface area contributed by atoms with Crippen molar-refractivity contribution in [2.75, 3.05) is 57.5 Å². The fraction of sp³-hybridized carbons (Fsp3) is 0.765. The second-order valence-corrected chi connectivity index (χ2v) is 7.09. The van der Waals surface area contributed by atoms with Crippen LogP contribution in [0.15, 0.2) is 18.5 Å². The predicted octanol–water partition coefficient (Wildman–Crippen LogP) is 1.18. The fourth-order valence-corrected chi connectivity index (χ4v) is 4.20. The van der Waals surface area contributed by atoms with Crippen molar-refractivity contribution in [3.63, 3.8) is 0 Å². The van der Waals surface area contributed by atoms with Gasteiger partial charge in [0.05, 0.1) is 13.2 Å². The summed E-state index contributed by atoms with van der Waals surface area (Å²) in [6.07, 6.45) is 7.19. The van der Waals surface area contributed by atoms with E-state index in [0.717, 1.165) is 52.0 Å². The summed E-state index contributed by atoms with van der Waals surface area (Å²) in [7, 11) is 0. The molecule has 3 aliphatic heterocycles. The Balaban J connectivity index is 1.46. The van der Waals surface area contributed by atoms with Crippen LogP contribution in [-0.4, -0.2) is 73.5 Å². The topological polar surface area (TPSA) is 50.7 Å². The predicted molar refractivity (Wildman–Crippen MR) is 87.5 cm³/mol. The molecule has 0 bridgehead atoms. The molecule has 23 heavy (non-hydrogen) atoms. The van der Waals surface area contributed by atoms with Gasteiger partial charge in [0.15, 0.2) is 0 Å². The first kappa shape index (κ1) is 15.3. The van der Waals surface area contributed by atoms with E-state index in [1.807, 2.05) is 18.5 Å². The van der Waals surface area contributed by atoms with E-state index in [9.17, 15) is 0 Å². The molecular weight excluding hydrogens is 292 g/mol. The SMILES string of the molecule is c1cnc(N2CCOC[C@]3(CCN(C4CCOCC4)C3)C2)nc1. The average Bonchev–Trinajstić information content (AvgIpc) is 2.91. The molecule has 3 saturated heterocycles. The van der Waals surface area contributed by atoms with E-state index in [1.165, 1.54) is 25.8 Å². The van der Waals surface area contributed by atoms with Crippen molar-refractivity contribution < 1.29 is 9.47 Å². The number of likely N-dealkylation sites (tertiary alicyclic amines) is 1. The third kappa shape index (κ3) is 3.34. The Bertz CT molecular complexity index is 509. The van der Waals surface area contributed by atoms with Crippen LogP contribution in [0, 0.1) is 5.41 Å². The zero-order valence-corrected chi connectivity index (χ0v) is 13.7. The molecule has 126 valence electrons. The van der Waals surface area contributed by atoms with Crippen LogP contribution in [0.25, 0.3) is 0 Å². The van der Waals surface area contributed by atoms with E-state index in [1.54, 1.807) is 0 Å². The van der Waals surface area contributed by atoms with Gasteiger partial charge in [0.2, 0.25) is 5.95 Å². The van der Waals surface area contributed by atoms with Crippen LogP contribution >= 0.6 is 0 Å². The van der Waals surface area contributed by atoms with Gasteiger partial charge in [0.25, 0.3) is 0 Å². The van der Waals surface area contributed by atoms with Crippen molar-refractivity contribution in [1.29, 1.82) is 0 Å². The summed E-state index contributed by atoms with van der Waals surface area (Å²) in [6.45, 7) is 7.62. The Kier molecular flexibility index (Phi) is 4.46. The van der Waals surface area contributed by atoms with Crippen LogP contribution in [-0.2, 0) is 9.47 Å². The van der Waals surface area contributed by atoms with E-state index in [4.69, 9.17) is 9.47 Å². The molecule has 0 N–H and O–H groups in total. The van der Waals surface area contributed by atoms with Gasteiger partial charge in [-0.05, 0) is 31.9 Å². The maximum absolute atomic E-state index is 5.97. The van der Waals surface area contributed by atoms with Gasteiger partial charge in [-0.3, -0.25) is 4.90 Å². The second kappa shape index (κ2) is 6.71. The Hall–Kier alpha value is -1.24. The molecule has 0 aliphatic carbocycles. The molecule has 1 atom stereocenters. The summed E-state index contributed by atoms with van der Waals surface area (Å²) in [5, 5.41) is 0. The van der Waals surface area contributed by atoms with Crippen molar-refractivity contribution in [3.05, 3.63) is 18.5 Å². The molecule has 0 unspecified atom stereocenters. The van der Waals surface area contributed by atoms with E-state index >= 15 is 0 Å². The summed E-state index contributed by atoms with van der Waals surface area (Å²) in [4.78, 5) is 13.8. The normalized spacial score (nSPS) is 30.7. The lowest BCUT2D eigenvalue weighted by Gasteiger charge is -2.35. The number of hydrogen-bond acceptors (Lipinski definition) is 6. The van der Waals surface area contributed by atoms with E-state index in [-0.39, 0.29) is 5.41 Å². The number of ether oxygens (including phenoxy) is 2. The summed E-state index contributed by atoms with van der Waals surface area (Å²) in [5.41, 5.74) is 0.216. The molecule has 1 aromatic heterocycles. The van der Waals surface area contributed by atoms with Gasteiger partial charge in [-0.2, -0.15) is 0 Å². The third-order valence-electron chi connectivity index (χ3n) is 5.45. The number of rotatable bonds is 2. The van der Waals surface area contributed by atoms with Crippen molar-refractivity contribution in [2.45, 2.75) is 25.3 Å². The van der Waals surface area contributed by atoms with Gasteiger partial charge in [-0.25, -0.2) is 9.97 Å². The van der Waals surface area contributed by atoms with Crippen LogP contribution in [0.4, 0.5) is 5.95 Å². The van der Waals surface area contributed by atoms with Gasteiger partial charge in [0.1, 0.15) is 0 Å². The maximum Gasteiger partial charge on any atom is 0.225 e. The average molecular weight is 318 g/mol. The first-order valence-electron chi connectivity index (χ1n) is 8.76. The standard InChI is InChI=1S/C17H26N4O2/c1-5-18-16(19-6-1)21-8-11-23-14-17(13-21)4-7-20(12-17)15-2-9-22-10-3-15/h1,5-6,15H,2-4,7-14H2/t17-/m0/s1. The highest BCUT2D eigenvalue weighted by Crippen LogP contribution is 2.36. The Morgan fingerprint density at radius 1 is 1.00 bits per heavy atom. The van der Waals surface area contributed by atoms with E-state index < -0.39 is 0 Å². The van der Waals surface area contributed by atoms with E-state index in [0.29, 0.717) is 6.04 Å². The molecule has 6 nitrogen and oxygen atoms in total. The molecule has 1 aromatic rings. The van der Waals surface area contributed by atoms with Crippen LogP contribution in [0.3, 0.4) is 0 Å². The summed E-state index contributed by atoms with van der Waals surface area (Å²) >= 11 is 0. The molecular formula is C17H26N4O2. The number of nitrogens with zero attached hydrogens (tertiary/aromatic N) is 4. The molecule has 1 spiro atoms. The Morgan fingerprint density at radius 3 is 2.65 bits per heavy atom. The largest absolute Gasteiger partial charge is 0.381 e. The smallest absolute Gasteiger partial charge is 0.225 e.